The molecule has 262 valence electrons. The monoisotopic (exact) mass is 692 g/mol. The van der Waals surface area contributed by atoms with E-state index in [0.29, 0.717) is 22.8 Å². The van der Waals surface area contributed by atoms with E-state index < -0.39 is 23.4 Å². The van der Waals surface area contributed by atoms with Crippen LogP contribution in [0.2, 0.25) is 0 Å². The SMILES string of the molecule is COC(=O)[C@H](Cc1c[nH]c(C(c2ccccc2)(c2ccccc2)c2ccccc2)n1)Nc1ccccc1C(=O)CN(CC(=O)O)Cc1ccccc1. The largest absolute Gasteiger partial charge is 0.480 e. The van der Waals surface area contributed by atoms with Gasteiger partial charge in [0, 0.05) is 30.4 Å². The van der Waals surface area contributed by atoms with Gasteiger partial charge in [0.25, 0.3) is 0 Å². The summed E-state index contributed by atoms with van der Waals surface area (Å²) in [6, 6.07) is 46.0. The molecule has 0 amide bonds. The number of para-hydroxylation sites is 1. The molecule has 0 bridgehead atoms. The number of ketones is 1. The number of carbonyl (C=O) groups is 3. The first-order chi connectivity index (χ1) is 25.4. The third-order valence-electron chi connectivity index (χ3n) is 9.04. The van der Waals surface area contributed by atoms with Gasteiger partial charge in [-0.1, -0.05) is 133 Å². The smallest absolute Gasteiger partial charge is 0.328 e. The van der Waals surface area contributed by atoms with Gasteiger partial charge in [-0.3, -0.25) is 14.5 Å². The number of hydrogen-bond acceptors (Lipinski definition) is 7. The zero-order valence-corrected chi connectivity index (χ0v) is 28.8. The second-order valence-corrected chi connectivity index (χ2v) is 12.5. The number of imidazole rings is 1. The molecular formula is C43H40N4O5. The Hall–Kier alpha value is -6.32. The van der Waals surface area contributed by atoms with Crippen molar-refractivity contribution in [2.45, 2.75) is 24.4 Å². The fourth-order valence-corrected chi connectivity index (χ4v) is 6.70. The minimum atomic E-state index is -1.03. The number of carboxylic acid groups (broad SMARTS) is 1. The molecule has 0 fully saturated rings. The fraction of sp³-hybridized carbons (Fsp3) is 0.163. The van der Waals surface area contributed by atoms with E-state index in [4.69, 9.17) is 9.72 Å². The third-order valence-corrected chi connectivity index (χ3v) is 9.04. The third kappa shape index (κ3) is 8.01. The number of carboxylic acids is 1. The van der Waals surface area contributed by atoms with Crippen molar-refractivity contribution in [1.82, 2.24) is 14.9 Å². The molecule has 9 heteroatoms. The van der Waals surface area contributed by atoms with Gasteiger partial charge in [-0.15, -0.1) is 0 Å². The van der Waals surface area contributed by atoms with Crippen molar-refractivity contribution >= 4 is 23.4 Å². The Morgan fingerprint density at radius 2 is 1.27 bits per heavy atom. The van der Waals surface area contributed by atoms with E-state index in [-0.39, 0.29) is 31.8 Å². The summed E-state index contributed by atoms with van der Waals surface area (Å²) in [5.41, 5.74) is 4.54. The predicted molar refractivity (Wildman–Crippen MR) is 200 cm³/mol. The first kappa shape index (κ1) is 35.5. The lowest BCUT2D eigenvalue weighted by atomic mass is 9.69. The molecule has 1 atom stereocenters. The van der Waals surface area contributed by atoms with Crippen LogP contribution in [0.3, 0.4) is 0 Å². The Balaban J connectivity index is 1.31. The van der Waals surface area contributed by atoms with E-state index in [0.717, 1.165) is 22.3 Å². The molecule has 52 heavy (non-hydrogen) atoms. The van der Waals surface area contributed by atoms with Crippen molar-refractivity contribution in [1.29, 1.82) is 0 Å². The van der Waals surface area contributed by atoms with Crippen molar-refractivity contribution in [3.05, 3.63) is 191 Å². The quantitative estimate of drug-likeness (QED) is 0.0578. The number of aromatic amines is 1. The van der Waals surface area contributed by atoms with Gasteiger partial charge >= 0.3 is 11.9 Å². The van der Waals surface area contributed by atoms with E-state index in [2.05, 4.69) is 46.7 Å². The van der Waals surface area contributed by atoms with Gasteiger partial charge < -0.3 is 20.1 Å². The van der Waals surface area contributed by atoms with Gasteiger partial charge in [0.15, 0.2) is 5.78 Å². The van der Waals surface area contributed by atoms with E-state index in [1.54, 1.807) is 35.4 Å². The number of aliphatic carboxylic acids is 1. The highest BCUT2D eigenvalue weighted by molar-refractivity contribution is 6.03. The maximum atomic E-state index is 13.7. The Morgan fingerprint density at radius 3 is 1.81 bits per heavy atom. The summed E-state index contributed by atoms with van der Waals surface area (Å²) in [6.45, 7) is -0.151. The number of esters is 1. The van der Waals surface area contributed by atoms with Crippen LogP contribution in [0.25, 0.3) is 0 Å². The van der Waals surface area contributed by atoms with Gasteiger partial charge in [-0.2, -0.15) is 0 Å². The number of anilines is 1. The normalized spacial score (nSPS) is 11.9. The Labute approximate surface area is 302 Å². The van der Waals surface area contributed by atoms with Crippen molar-refractivity contribution in [2.75, 3.05) is 25.5 Å². The van der Waals surface area contributed by atoms with Crippen molar-refractivity contribution in [2.24, 2.45) is 0 Å². The average Bonchev–Trinajstić information content (AvgIpc) is 3.64. The summed E-state index contributed by atoms with van der Waals surface area (Å²) >= 11 is 0. The van der Waals surface area contributed by atoms with Gasteiger partial charge in [0.1, 0.15) is 17.3 Å². The highest BCUT2D eigenvalue weighted by Gasteiger charge is 2.41. The number of nitrogens with one attached hydrogen (secondary N) is 2. The molecule has 0 radical (unpaired) electrons. The molecule has 0 aliphatic carbocycles. The van der Waals surface area contributed by atoms with Crippen LogP contribution in [0.4, 0.5) is 5.69 Å². The van der Waals surface area contributed by atoms with Crippen molar-refractivity contribution in [3.8, 4) is 0 Å². The van der Waals surface area contributed by atoms with Crippen LogP contribution in [0.5, 0.6) is 0 Å². The topological polar surface area (TPSA) is 125 Å². The highest BCUT2D eigenvalue weighted by atomic mass is 16.5. The Morgan fingerprint density at radius 1 is 0.750 bits per heavy atom. The fourth-order valence-electron chi connectivity index (χ4n) is 6.70. The summed E-state index contributed by atoms with van der Waals surface area (Å²) in [7, 11) is 1.32. The number of aromatic nitrogens is 2. The standard InChI is InChI=1S/C43H40N4O5/c1-52-41(51)38(46-37-25-15-14-24-36(37)39(48)29-47(30-40(49)50)28-31-16-6-2-7-17-31)26-35-27-44-42(45-35)43(32-18-8-3-9-19-32,33-20-10-4-11-21-33)34-22-12-5-13-23-34/h2-25,27,38,46H,26,28-30H2,1H3,(H,44,45)(H,49,50)/t38-/m0/s1. The minimum absolute atomic E-state index is 0.133. The number of H-pyrrole nitrogens is 1. The number of Topliss-reactive ketones (excluding diaryl/α,β-unsaturated/α-hetero) is 1. The number of ether oxygens (including phenoxy) is 1. The molecule has 0 aliphatic heterocycles. The maximum Gasteiger partial charge on any atom is 0.328 e. The summed E-state index contributed by atoms with van der Waals surface area (Å²) in [5.74, 6) is -1.16. The van der Waals surface area contributed by atoms with Crippen LogP contribution >= 0.6 is 0 Å². The predicted octanol–water partition coefficient (Wildman–Crippen LogP) is 6.76. The van der Waals surface area contributed by atoms with Crippen LogP contribution in [-0.2, 0) is 32.7 Å². The van der Waals surface area contributed by atoms with E-state index in [9.17, 15) is 19.5 Å². The second kappa shape index (κ2) is 16.6. The maximum absolute atomic E-state index is 13.7. The zero-order chi connectivity index (χ0) is 36.3. The number of benzene rings is 5. The van der Waals surface area contributed by atoms with Crippen LogP contribution in [0.1, 0.15) is 44.1 Å². The zero-order valence-electron chi connectivity index (χ0n) is 28.8. The molecule has 9 nitrogen and oxygen atoms in total. The molecule has 0 spiro atoms. The first-order valence-corrected chi connectivity index (χ1v) is 17.0. The van der Waals surface area contributed by atoms with E-state index in [1.807, 2.05) is 84.9 Å². The summed E-state index contributed by atoms with van der Waals surface area (Å²) < 4.78 is 5.22. The summed E-state index contributed by atoms with van der Waals surface area (Å²) in [5, 5.41) is 12.8. The molecule has 3 N–H and O–H groups in total. The molecule has 6 aromatic rings. The summed E-state index contributed by atoms with van der Waals surface area (Å²) in [6.07, 6.45) is 1.96. The number of carbonyl (C=O) groups excluding carboxylic acids is 2. The van der Waals surface area contributed by atoms with Crippen molar-refractivity contribution < 1.29 is 24.2 Å². The van der Waals surface area contributed by atoms with Crippen molar-refractivity contribution in [3.63, 3.8) is 0 Å². The van der Waals surface area contributed by atoms with Gasteiger partial charge in [-0.05, 0) is 34.4 Å². The lowest BCUT2D eigenvalue weighted by Gasteiger charge is -2.34. The molecule has 5 aromatic carbocycles. The highest BCUT2D eigenvalue weighted by Crippen LogP contribution is 2.43. The Kier molecular flexibility index (Phi) is 11.3. The Bertz CT molecular complexity index is 1990. The molecule has 1 heterocycles. The molecular weight excluding hydrogens is 652 g/mol. The van der Waals surface area contributed by atoms with E-state index >= 15 is 0 Å². The van der Waals surface area contributed by atoms with Crippen LogP contribution < -0.4 is 5.32 Å². The minimum Gasteiger partial charge on any atom is -0.480 e. The van der Waals surface area contributed by atoms with Gasteiger partial charge in [0.05, 0.1) is 25.9 Å². The molecule has 0 saturated carbocycles. The molecule has 0 saturated heterocycles. The van der Waals surface area contributed by atoms with E-state index in [1.165, 1.54) is 7.11 Å². The molecule has 6 rings (SSSR count). The van der Waals surface area contributed by atoms with Gasteiger partial charge in [-0.25, -0.2) is 9.78 Å². The number of rotatable bonds is 16. The second-order valence-electron chi connectivity index (χ2n) is 12.5. The number of hydrogen-bond donors (Lipinski definition) is 3. The van der Waals surface area contributed by atoms with Gasteiger partial charge in [0.2, 0.25) is 0 Å². The first-order valence-electron chi connectivity index (χ1n) is 17.0. The van der Waals surface area contributed by atoms with Crippen LogP contribution in [-0.4, -0.2) is 63.9 Å². The summed E-state index contributed by atoms with van der Waals surface area (Å²) in [4.78, 5) is 48.9. The molecule has 0 unspecified atom stereocenters. The van der Waals surface area contributed by atoms with Crippen LogP contribution in [0.15, 0.2) is 152 Å². The lowest BCUT2D eigenvalue weighted by Crippen LogP contribution is -2.36. The lowest BCUT2D eigenvalue weighted by molar-refractivity contribution is -0.141. The van der Waals surface area contributed by atoms with Crippen LogP contribution in [0, 0.1) is 0 Å². The molecule has 0 aliphatic rings. The number of methoxy groups -OCH3 is 1. The average molecular weight is 693 g/mol. The number of nitrogens with zero attached hydrogens (tertiary/aromatic N) is 2. The molecule has 1 aromatic heterocycles.